The van der Waals surface area contributed by atoms with Crippen LogP contribution in [0.4, 0.5) is 5.69 Å². The van der Waals surface area contributed by atoms with E-state index < -0.39 is 11.8 Å². The zero-order valence-electron chi connectivity index (χ0n) is 12.1. The summed E-state index contributed by atoms with van der Waals surface area (Å²) >= 11 is 5.97. The number of anilines is 1. The van der Waals surface area contributed by atoms with Gasteiger partial charge in [-0.2, -0.15) is 0 Å². The van der Waals surface area contributed by atoms with E-state index in [1.807, 2.05) is 18.2 Å². The maximum absolute atomic E-state index is 11.8. The van der Waals surface area contributed by atoms with Gasteiger partial charge in [-0.3, -0.25) is 14.6 Å². The molecule has 0 bridgehead atoms. The van der Waals surface area contributed by atoms with Crippen LogP contribution in [0.2, 0.25) is 5.02 Å². The third-order valence-corrected chi connectivity index (χ3v) is 3.52. The summed E-state index contributed by atoms with van der Waals surface area (Å²) in [5, 5.41) is 5.65. The summed E-state index contributed by atoms with van der Waals surface area (Å²) in [6, 6.07) is 10.7. The summed E-state index contributed by atoms with van der Waals surface area (Å²) < 4.78 is 0. The third kappa shape index (κ3) is 4.30. The van der Waals surface area contributed by atoms with Gasteiger partial charge in [0.2, 0.25) is 0 Å². The van der Waals surface area contributed by atoms with E-state index in [4.69, 9.17) is 11.6 Å². The van der Waals surface area contributed by atoms with E-state index >= 15 is 0 Å². The van der Waals surface area contributed by atoms with Gasteiger partial charge in [-0.05, 0) is 36.8 Å². The van der Waals surface area contributed by atoms with Crippen LogP contribution in [0.5, 0.6) is 0 Å². The first-order valence-electron chi connectivity index (χ1n) is 6.82. The molecule has 0 spiro atoms. The van der Waals surface area contributed by atoms with Gasteiger partial charge in [-0.25, -0.2) is 0 Å². The Hall–Kier alpha value is -2.40. The molecule has 0 fully saturated rings. The average Bonchev–Trinajstić information content (AvgIpc) is 2.52. The van der Waals surface area contributed by atoms with E-state index in [1.54, 1.807) is 31.3 Å². The molecule has 0 atom stereocenters. The number of halogens is 1. The van der Waals surface area contributed by atoms with Gasteiger partial charge in [0.05, 0.1) is 0 Å². The number of rotatable bonds is 4. The number of hydrogen-bond donors (Lipinski definition) is 2. The summed E-state index contributed by atoms with van der Waals surface area (Å²) in [6.07, 6.45) is 2.25. The van der Waals surface area contributed by atoms with Crippen molar-refractivity contribution in [3.63, 3.8) is 0 Å². The maximum atomic E-state index is 11.8. The van der Waals surface area contributed by atoms with E-state index in [1.165, 1.54) is 0 Å². The number of nitrogens with one attached hydrogen (secondary N) is 2. The summed E-state index contributed by atoms with van der Waals surface area (Å²) in [5.74, 6) is -1.40. The van der Waals surface area contributed by atoms with Crippen LogP contribution in [0.1, 0.15) is 11.3 Å². The predicted molar refractivity (Wildman–Crippen MR) is 85.8 cm³/mol. The Labute approximate surface area is 133 Å². The molecule has 1 heterocycles. The van der Waals surface area contributed by atoms with E-state index in [9.17, 15) is 9.59 Å². The van der Waals surface area contributed by atoms with Crippen molar-refractivity contribution in [1.29, 1.82) is 0 Å². The van der Waals surface area contributed by atoms with E-state index in [0.29, 0.717) is 23.7 Å². The van der Waals surface area contributed by atoms with Crippen LogP contribution in [0.15, 0.2) is 42.6 Å². The van der Waals surface area contributed by atoms with Crippen LogP contribution in [-0.4, -0.2) is 23.3 Å². The highest BCUT2D eigenvalue weighted by molar-refractivity contribution is 6.40. The second-order valence-electron chi connectivity index (χ2n) is 4.69. The molecule has 6 heteroatoms. The van der Waals surface area contributed by atoms with Crippen molar-refractivity contribution in [1.82, 2.24) is 10.3 Å². The Balaban J connectivity index is 1.85. The molecule has 0 aliphatic heterocycles. The molecule has 2 aromatic rings. The summed E-state index contributed by atoms with van der Waals surface area (Å²) in [5.41, 5.74) is 2.10. The number of aromatic nitrogens is 1. The zero-order chi connectivity index (χ0) is 15.9. The van der Waals surface area contributed by atoms with Crippen LogP contribution < -0.4 is 10.6 Å². The number of amides is 2. The lowest BCUT2D eigenvalue weighted by Crippen LogP contribution is -2.36. The molecule has 22 heavy (non-hydrogen) atoms. The fraction of sp³-hybridized carbons (Fsp3) is 0.188. The lowest BCUT2D eigenvalue weighted by molar-refractivity contribution is -0.136. The van der Waals surface area contributed by atoms with Crippen LogP contribution >= 0.6 is 11.6 Å². The first-order valence-corrected chi connectivity index (χ1v) is 7.20. The minimum Gasteiger partial charge on any atom is -0.347 e. The van der Waals surface area contributed by atoms with Gasteiger partial charge in [-0.15, -0.1) is 0 Å². The number of nitrogens with zero attached hydrogens (tertiary/aromatic N) is 1. The smallest absolute Gasteiger partial charge is 0.313 e. The summed E-state index contributed by atoms with van der Waals surface area (Å²) in [6.45, 7) is 2.12. The molecule has 114 valence electrons. The minimum atomic E-state index is -0.716. The van der Waals surface area contributed by atoms with Crippen molar-refractivity contribution in [2.45, 2.75) is 13.3 Å². The van der Waals surface area contributed by atoms with Crippen LogP contribution in [-0.2, 0) is 16.0 Å². The zero-order valence-corrected chi connectivity index (χ0v) is 12.9. The maximum Gasteiger partial charge on any atom is 0.313 e. The Morgan fingerprint density at radius 1 is 1.14 bits per heavy atom. The van der Waals surface area contributed by atoms with Crippen molar-refractivity contribution in [3.05, 3.63) is 58.9 Å². The van der Waals surface area contributed by atoms with E-state index in [2.05, 4.69) is 15.6 Å². The molecule has 0 unspecified atom stereocenters. The van der Waals surface area contributed by atoms with Crippen molar-refractivity contribution in [3.8, 4) is 0 Å². The number of pyridine rings is 1. The molecule has 2 N–H and O–H groups in total. The molecule has 2 rings (SSSR count). The van der Waals surface area contributed by atoms with Gasteiger partial charge >= 0.3 is 11.8 Å². The Morgan fingerprint density at radius 2 is 1.95 bits per heavy atom. The summed E-state index contributed by atoms with van der Waals surface area (Å²) in [4.78, 5) is 27.7. The standard InChI is InChI=1S/C16H16ClN3O2/c1-11-13(17)6-4-7-14(11)20-16(22)15(21)19-10-8-12-5-2-3-9-18-12/h2-7,9H,8,10H2,1H3,(H,19,21)(H,20,22). The second-order valence-corrected chi connectivity index (χ2v) is 5.10. The molecular weight excluding hydrogens is 302 g/mol. The van der Waals surface area contributed by atoms with Crippen LogP contribution in [0.3, 0.4) is 0 Å². The quantitative estimate of drug-likeness (QED) is 0.850. The number of carbonyl (C=O) groups excluding carboxylic acids is 2. The molecule has 0 saturated heterocycles. The van der Waals surface area contributed by atoms with Crippen LogP contribution in [0.25, 0.3) is 0 Å². The molecule has 2 amide bonds. The average molecular weight is 318 g/mol. The van der Waals surface area contributed by atoms with Crippen LogP contribution in [0, 0.1) is 6.92 Å². The molecule has 0 radical (unpaired) electrons. The first-order chi connectivity index (χ1) is 10.6. The van der Waals surface area contributed by atoms with E-state index in [0.717, 1.165) is 11.3 Å². The third-order valence-electron chi connectivity index (χ3n) is 3.11. The highest BCUT2D eigenvalue weighted by Gasteiger charge is 2.14. The molecule has 1 aromatic heterocycles. The van der Waals surface area contributed by atoms with Crippen molar-refractivity contribution < 1.29 is 9.59 Å². The Morgan fingerprint density at radius 3 is 2.68 bits per heavy atom. The van der Waals surface area contributed by atoms with Crippen molar-refractivity contribution >= 4 is 29.1 Å². The highest BCUT2D eigenvalue weighted by atomic mass is 35.5. The fourth-order valence-electron chi connectivity index (χ4n) is 1.85. The first kappa shape index (κ1) is 16.0. The van der Waals surface area contributed by atoms with Gasteiger partial charge in [-0.1, -0.05) is 23.7 Å². The van der Waals surface area contributed by atoms with E-state index in [-0.39, 0.29) is 0 Å². The molecule has 1 aromatic carbocycles. The SMILES string of the molecule is Cc1c(Cl)cccc1NC(=O)C(=O)NCCc1ccccn1. The minimum absolute atomic E-state index is 0.345. The highest BCUT2D eigenvalue weighted by Crippen LogP contribution is 2.22. The predicted octanol–water partition coefficient (Wildman–Crippen LogP) is 2.34. The Bertz CT molecular complexity index is 674. The number of benzene rings is 1. The van der Waals surface area contributed by atoms with Gasteiger partial charge in [0, 0.05) is 35.6 Å². The number of hydrogen-bond acceptors (Lipinski definition) is 3. The van der Waals surface area contributed by atoms with Gasteiger partial charge in [0.15, 0.2) is 0 Å². The largest absolute Gasteiger partial charge is 0.347 e. The normalized spacial score (nSPS) is 10.1. The van der Waals surface area contributed by atoms with Gasteiger partial charge < -0.3 is 10.6 Å². The van der Waals surface area contributed by atoms with Crippen molar-refractivity contribution in [2.75, 3.05) is 11.9 Å². The fourth-order valence-corrected chi connectivity index (χ4v) is 2.03. The lowest BCUT2D eigenvalue weighted by Gasteiger charge is -2.09. The molecular formula is C16H16ClN3O2. The second kappa shape index (κ2) is 7.56. The topological polar surface area (TPSA) is 71.1 Å². The monoisotopic (exact) mass is 317 g/mol. The summed E-state index contributed by atoms with van der Waals surface area (Å²) in [7, 11) is 0. The molecule has 0 saturated carbocycles. The van der Waals surface area contributed by atoms with Gasteiger partial charge in [0.25, 0.3) is 0 Å². The molecule has 0 aliphatic carbocycles. The number of carbonyl (C=O) groups is 2. The lowest BCUT2D eigenvalue weighted by atomic mass is 10.2. The van der Waals surface area contributed by atoms with Crippen molar-refractivity contribution in [2.24, 2.45) is 0 Å². The molecule has 5 nitrogen and oxygen atoms in total. The Kier molecular flexibility index (Phi) is 5.49. The van der Waals surface area contributed by atoms with Gasteiger partial charge in [0.1, 0.15) is 0 Å². The molecule has 0 aliphatic rings.